The first-order chi connectivity index (χ1) is 6.77. The Morgan fingerprint density at radius 2 is 2.43 bits per heavy atom. The molecule has 0 N–H and O–H groups in total. The van der Waals surface area contributed by atoms with Gasteiger partial charge in [-0.05, 0) is 28.1 Å². The SMILES string of the molecule is CO[C@@]12C=C[C@@H](O1)c1cncc(Br)c12. The summed E-state index contributed by atoms with van der Waals surface area (Å²) in [5.74, 6) is -0.693. The lowest BCUT2D eigenvalue weighted by Gasteiger charge is -2.22. The van der Waals surface area contributed by atoms with Crippen molar-refractivity contribution in [2.24, 2.45) is 0 Å². The molecule has 2 bridgehead atoms. The molecule has 14 heavy (non-hydrogen) atoms. The van der Waals surface area contributed by atoms with Crippen LogP contribution >= 0.6 is 15.9 Å². The van der Waals surface area contributed by atoms with Crippen molar-refractivity contribution in [3.05, 3.63) is 40.1 Å². The molecule has 2 aliphatic rings. The number of hydrogen-bond acceptors (Lipinski definition) is 3. The van der Waals surface area contributed by atoms with E-state index < -0.39 is 5.79 Å². The molecule has 0 fully saturated rings. The maximum atomic E-state index is 5.76. The fraction of sp³-hybridized carbons (Fsp3) is 0.300. The third kappa shape index (κ3) is 0.860. The highest BCUT2D eigenvalue weighted by molar-refractivity contribution is 9.10. The number of pyridine rings is 1. The van der Waals surface area contributed by atoms with Crippen LogP contribution in [0.5, 0.6) is 0 Å². The van der Waals surface area contributed by atoms with Crippen molar-refractivity contribution in [2.75, 3.05) is 7.11 Å². The van der Waals surface area contributed by atoms with Gasteiger partial charge in [0.1, 0.15) is 6.10 Å². The Bertz CT molecular complexity index is 432. The smallest absolute Gasteiger partial charge is 0.217 e. The lowest BCUT2D eigenvalue weighted by Crippen LogP contribution is -2.23. The number of methoxy groups -OCH3 is 1. The van der Waals surface area contributed by atoms with E-state index in [1.54, 1.807) is 13.3 Å². The zero-order valence-electron chi connectivity index (χ0n) is 7.53. The molecule has 1 aromatic heterocycles. The third-order valence-corrected chi connectivity index (χ3v) is 3.28. The summed E-state index contributed by atoms with van der Waals surface area (Å²) in [6, 6.07) is 0. The van der Waals surface area contributed by atoms with Crippen molar-refractivity contribution in [2.45, 2.75) is 11.9 Å². The molecule has 2 aliphatic heterocycles. The van der Waals surface area contributed by atoms with Crippen LogP contribution in [0.15, 0.2) is 29.0 Å². The van der Waals surface area contributed by atoms with E-state index in [1.165, 1.54) is 0 Å². The summed E-state index contributed by atoms with van der Waals surface area (Å²) in [6.07, 6.45) is 7.53. The average molecular weight is 254 g/mol. The molecule has 0 amide bonds. The lowest BCUT2D eigenvalue weighted by molar-refractivity contribution is -0.184. The van der Waals surface area contributed by atoms with E-state index in [9.17, 15) is 0 Å². The van der Waals surface area contributed by atoms with E-state index in [2.05, 4.69) is 20.9 Å². The van der Waals surface area contributed by atoms with Crippen molar-refractivity contribution >= 4 is 15.9 Å². The van der Waals surface area contributed by atoms with E-state index in [1.807, 2.05) is 18.3 Å². The van der Waals surface area contributed by atoms with Gasteiger partial charge in [-0.2, -0.15) is 0 Å². The third-order valence-electron chi connectivity index (χ3n) is 2.68. The number of aromatic nitrogens is 1. The van der Waals surface area contributed by atoms with Gasteiger partial charge in [0.05, 0.1) is 0 Å². The van der Waals surface area contributed by atoms with Gasteiger partial charge >= 0.3 is 0 Å². The molecular weight excluding hydrogens is 246 g/mol. The standard InChI is InChI=1S/C10H8BrNO2/c1-13-10-3-2-8(14-10)6-4-12-5-7(11)9(6)10/h2-5,8H,1H3/t8-,10+/m1/s1. The maximum absolute atomic E-state index is 5.76. The fourth-order valence-electron chi connectivity index (χ4n) is 2.04. The normalized spacial score (nSPS) is 32.3. The summed E-state index contributed by atoms with van der Waals surface area (Å²) in [5.41, 5.74) is 2.13. The number of hydrogen-bond donors (Lipinski definition) is 0. The molecule has 3 heterocycles. The second-order valence-corrected chi connectivity index (χ2v) is 4.21. The number of halogens is 1. The van der Waals surface area contributed by atoms with Gasteiger partial charge in [-0.3, -0.25) is 4.98 Å². The molecule has 1 aromatic rings. The lowest BCUT2D eigenvalue weighted by atomic mass is 9.97. The zero-order valence-corrected chi connectivity index (χ0v) is 9.11. The van der Waals surface area contributed by atoms with Crippen LogP contribution in [-0.4, -0.2) is 12.1 Å². The van der Waals surface area contributed by atoms with Crippen molar-refractivity contribution < 1.29 is 9.47 Å². The Kier molecular flexibility index (Phi) is 1.63. The minimum atomic E-state index is -0.693. The van der Waals surface area contributed by atoms with Crippen LogP contribution in [0.1, 0.15) is 17.2 Å². The van der Waals surface area contributed by atoms with Crippen LogP contribution in [0.25, 0.3) is 0 Å². The summed E-state index contributed by atoms with van der Waals surface area (Å²) in [4.78, 5) is 4.12. The van der Waals surface area contributed by atoms with Crippen molar-refractivity contribution in [3.8, 4) is 0 Å². The predicted octanol–water partition coefficient (Wildman–Crippen LogP) is 2.28. The molecule has 0 unspecified atom stereocenters. The zero-order chi connectivity index (χ0) is 9.76. The van der Waals surface area contributed by atoms with Crippen LogP contribution < -0.4 is 0 Å². The second kappa shape index (κ2) is 2.66. The molecule has 0 spiro atoms. The first-order valence-corrected chi connectivity index (χ1v) is 5.12. The molecule has 4 heteroatoms. The van der Waals surface area contributed by atoms with Gasteiger partial charge in [0.2, 0.25) is 5.79 Å². The summed E-state index contributed by atoms with van der Waals surface area (Å²) < 4.78 is 12.1. The molecule has 0 saturated heterocycles. The maximum Gasteiger partial charge on any atom is 0.217 e. The highest BCUT2D eigenvalue weighted by Gasteiger charge is 2.48. The molecule has 0 aliphatic carbocycles. The van der Waals surface area contributed by atoms with E-state index in [0.29, 0.717) is 0 Å². The van der Waals surface area contributed by atoms with Gasteiger partial charge in [0, 0.05) is 35.1 Å². The van der Waals surface area contributed by atoms with Gasteiger partial charge < -0.3 is 9.47 Å². The van der Waals surface area contributed by atoms with Crippen molar-refractivity contribution in [3.63, 3.8) is 0 Å². The molecule has 0 radical (unpaired) electrons. The number of fused-ring (bicyclic) bond motifs is 5. The average Bonchev–Trinajstić information content (AvgIpc) is 2.75. The monoisotopic (exact) mass is 253 g/mol. The molecule has 3 rings (SSSR count). The van der Waals surface area contributed by atoms with E-state index in [4.69, 9.17) is 9.47 Å². The van der Waals surface area contributed by atoms with E-state index in [-0.39, 0.29) is 6.10 Å². The second-order valence-electron chi connectivity index (χ2n) is 3.35. The Hall–Kier alpha value is -0.710. The number of ether oxygens (including phenoxy) is 2. The highest BCUT2D eigenvalue weighted by atomic mass is 79.9. The molecule has 0 aromatic carbocycles. The molecular formula is C10H8BrNO2. The van der Waals surface area contributed by atoms with Crippen LogP contribution in [-0.2, 0) is 15.3 Å². The molecule has 3 nitrogen and oxygen atoms in total. The van der Waals surface area contributed by atoms with Gasteiger partial charge in [-0.1, -0.05) is 0 Å². The molecule has 72 valence electrons. The predicted molar refractivity (Wildman–Crippen MR) is 53.6 cm³/mol. The highest BCUT2D eigenvalue weighted by Crippen LogP contribution is 2.52. The van der Waals surface area contributed by atoms with Crippen molar-refractivity contribution in [1.29, 1.82) is 0 Å². The van der Waals surface area contributed by atoms with Gasteiger partial charge in [-0.25, -0.2) is 0 Å². The largest absolute Gasteiger partial charge is 0.346 e. The Labute approximate surface area is 89.9 Å². The minimum Gasteiger partial charge on any atom is -0.346 e. The summed E-state index contributed by atoms with van der Waals surface area (Å²) >= 11 is 3.47. The Morgan fingerprint density at radius 1 is 1.57 bits per heavy atom. The summed E-state index contributed by atoms with van der Waals surface area (Å²) in [6.45, 7) is 0. The molecule has 2 atom stereocenters. The first-order valence-electron chi connectivity index (χ1n) is 4.33. The summed E-state index contributed by atoms with van der Waals surface area (Å²) in [5, 5.41) is 0. The van der Waals surface area contributed by atoms with Gasteiger partial charge in [0.25, 0.3) is 0 Å². The van der Waals surface area contributed by atoms with Crippen LogP contribution in [0.4, 0.5) is 0 Å². The first kappa shape index (κ1) is 8.59. The number of rotatable bonds is 1. The van der Waals surface area contributed by atoms with Crippen LogP contribution in [0.3, 0.4) is 0 Å². The number of nitrogens with zero attached hydrogens (tertiary/aromatic N) is 1. The Balaban J connectivity index is 2.29. The van der Waals surface area contributed by atoms with Crippen LogP contribution in [0.2, 0.25) is 0 Å². The van der Waals surface area contributed by atoms with Gasteiger partial charge in [0.15, 0.2) is 0 Å². The quantitative estimate of drug-likeness (QED) is 0.720. The van der Waals surface area contributed by atoms with Crippen LogP contribution in [0, 0.1) is 0 Å². The van der Waals surface area contributed by atoms with Gasteiger partial charge in [-0.15, -0.1) is 0 Å². The topological polar surface area (TPSA) is 31.4 Å². The Morgan fingerprint density at radius 3 is 3.21 bits per heavy atom. The summed E-state index contributed by atoms with van der Waals surface area (Å²) in [7, 11) is 1.65. The van der Waals surface area contributed by atoms with E-state index >= 15 is 0 Å². The van der Waals surface area contributed by atoms with Crippen molar-refractivity contribution in [1.82, 2.24) is 4.98 Å². The fourth-order valence-corrected chi connectivity index (χ4v) is 2.67. The van der Waals surface area contributed by atoms with E-state index in [0.717, 1.165) is 15.6 Å². The minimum absolute atomic E-state index is 0.00468. The molecule has 0 saturated carbocycles.